The maximum atomic E-state index is 11.6. The second kappa shape index (κ2) is 7.66. The van der Waals surface area contributed by atoms with Gasteiger partial charge >= 0.3 is 5.97 Å². The third kappa shape index (κ3) is 4.81. The molecule has 0 aromatic heterocycles. The van der Waals surface area contributed by atoms with Gasteiger partial charge in [0.2, 0.25) is 11.9 Å². The number of hydrogen-bond acceptors (Lipinski definition) is 5. The number of ketones is 1. The zero-order valence-electron chi connectivity index (χ0n) is 10.4. The van der Waals surface area contributed by atoms with Crippen LogP contribution in [-0.4, -0.2) is 29.6 Å². The van der Waals surface area contributed by atoms with Crippen LogP contribution in [0.3, 0.4) is 0 Å². The Hall–Kier alpha value is -1.72. The Labute approximate surface area is 116 Å². The third-order valence-corrected chi connectivity index (χ3v) is 2.40. The predicted molar refractivity (Wildman–Crippen MR) is 70.2 cm³/mol. The van der Waals surface area contributed by atoms with Crippen LogP contribution in [0.1, 0.15) is 12.5 Å². The lowest BCUT2D eigenvalue weighted by molar-refractivity contribution is -0.160. The van der Waals surface area contributed by atoms with Gasteiger partial charge in [-0.2, -0.15) is 0 Å². The van der Waals surface area contributed by atoms with Crippen molar-refractivity contribution < 1.29 is 19.1 Å². The van der Waals surface area contributed by atoms with Gasteiger partial charge in [-0.05, 0) is 12.5 Å². The zero-order valence-corrected chi connectivity index (χ0v) is 11.1. The van der Waals surface area contributed by atoms with Gasteiger partial charge in [-0.25, -0.2) is 4.79 Å². The van der Waals surface area contributed by atoms with E-state index >= 15 is 0 Å². The molecule has 0 aliphatic carbocycles. The number of benzene rings is 1. The van der Waals surface area contributed by atoms with Gasteiger partial charge in [-0.3, -0.25) is 10.2 Å². The molecule has 1 aromatic carbocycles. The van der Waals surface area contributed by atoms with E-state index in [1.807, 2.05) is 18.2 Å². The summed E-state index contributed by atoms with van der Waals surface area (Å²) in [4.78, 5) is 23.2. The number of halogens is 1. The average molecular weight is 284 g/mol. The molecule has 102 valence electrons. The van der Waals surface area contributed by atoms with Gasteiger partial charge in [-0.1, -0.05) is 41.9 Å². The number of rotatable bonds is 7. The zero-order chi connectivity index (χ0) is 14.3. The minimum atomic E-state index is -1.50. The molecule has 6 heteroatoms. The third-order valence-electron chi connectivity index (χ3n) is 2.21. The van der Waals surface area contributed by atoms with E-state index in [2.05, 4.69) is 0 Å². The van der Waals surface area contributed by atoms with E-state index in [-0.39, 0.29) is 13.2 Å². The Bertz CT molecular complexity index is 461. The Kier molecular flexibility index (Phi) is 6.18. The van der Waals surface area contributed by atoms with Gasteiger partial charge in [0.1, 0.15) is 0 Å². The fourth-order valence-corrected chi connectivity index (χ4v) is 1.44. The van der Waals surface area contributed by atoms with Crippen molar-refractivity contribution in [2.75, 3.05) is 6.61 Å². The first-order valence-electron chi connectivity index (χ1n) is 5.66. The lowest BCUT2D eigenvalue weighted by atomic mass is 10.2. The van der Waals surface area contributed by atoms with Gasteiger partial charge in [0, 0.05) is 0 Å². The van der Waals surface area contributed by atoms with Crippen molar-refractivity contribution in [1.29, 1.82) is 5.41 Å². The Morgan fingerprint density at radius 2 is 1.95 bits per heavy atom. The van der Waals surface area contributed by atoms with Crippen LogP contribution in [0.5, 0.6) is 0 Å². The number of ether oxygens (including phenoxy) is 2. The summed E-state index contributed by atoms with van der Waals surface area (Å²) in [5.74, 6) is -1.75. The largest absolute Gasteiger partial charge is 0.464 e. The van der Waals surface area contributed by atoms with E-state index in [1.165, 1.54) is 0 Å². The van der Waals surface area contributed by atoms with E-state index in [4.69, 9.17) is 26.5 Å². The number of nitrogens with one attached hydrogen (secondary N) is 1. The molecular formula is C13H14ClNO4. The standard InChI is InChI=1S/C13H14ClNO4/c1-2-18-13(17)11(10(16)12(14)15)19-8-9-6-4-3-5-7-9/h3-7,11,15H,2,8H2,1H3. The van der Waals surface area contributed by atoms with Gasteiger partial charge in [-0.15, -0.1) is 0 Å². The summed E-state index contributed by atoms with van der Waals surface area (Å²) in [6, 6.07) is 9.04. The van der Waals surface area contributed by atoms with Gasteiger partial charge in [0.05, 0.1) is 13.2 Å². The monoisotopic (exact) mass is 283 g/mol. The van der Waals surface area contributed by atoms with Crippen molar-refractivity contribution in [2.45, 2.75) is 19.6 Å². The van der Waals surface area contributed by atoms with Gasteiger partial charge in [0.25, 0.3) is 0 Å². The smallest absolute Gasteiger partial charge is 0.343 e. The molecule has 0 aliphatic rings. The summed E-state index contributed by atoms with van der Waals surface area (Å²) in [6.45, 7) is 1.79. The minimum Gasteiger partial charge on any atom is -0.464 e. The SMILES string of the molecule is CCOC(=O)C(OCc1ccccc1)C(=O)C(=N)Cl. The molecule has 19 heavy (non-hydrogen) atoms. The molecule has 0 bridgehead atoms. The van der Waals surface area contributed by atoms with Crippen LogP contribution in [-0.2, 0) is 25.7 Å². The first kappa shape index (κ1) is 15.3. The van der Waals surface area contributed by atoms with E-state index in [0.29, 0.717) is 0 Å². The molecular weight excluding hydrogens is 270 g/mol. The van der Waals surface area contributed by atoms with Crippen LogP contribution in [0.2, 0.25) is 0 Å². The number of esters is 1. The molecule has 0 saturated heterocycles. The molecule has 1 rings (SSSR count). The Morgan fingerprint density at radius 3 is 2.47 bits per heavy atom. The summed E-state index contributed by atoms with van der Waals surface area (Å²) in [5, 5.41) is 6.31. The number of carbonyl (C=O) groups is 2. The van der Waals surface area contributed by atoms with Crippen LogP contribution in [0.15, 0.2) is 30.3 Å². The highest BCUT2D eigenvalue weighted by molar-refractivity contribution is 6.83. The molecule has 0 fully saturated rings. The molecule has 0 saturated carbocycles. The normalized spacial score (nSPS) is 11.7. The molecule has 0 spiro atoms. The second-order valence-electron chi connectivity index (χ2n) is 3.61. The quantitative estimate of drug-likeness (QED) is 0.471. The number of Topliss-reactive ketones (excluding diaryl/α,β-unsaturated/α-hetero) is 1. The summed E-state index contributed by atoms with van der Waals surface area (Å²) in [6.07, 6.45) is -1.50. The summed E-state index contributed by atoms with van der Waals surface area (Å²) < 4.78 is 9.94. The van der Waals surface area contributed by atoms with Crippen molar-refractivity contribution >= 4 is 28.5 Å². The molecule has 1 N–H and O–H groups in total. The van der Waals surface area contributed by atoms with Crippen LogP contribution in [0.4, 0.5) is 0 Å². The highest BCUT2D eigenvalue weighted by Gasteiger charge is 2.31. The average Bonchev–Trinajstić information content (AvgIpc) is 2.40. The molecule has 1 aromatic rings. The second-order valence-corrected chi connectivity index (χ2v) is 3.98. The van der Waals surface area contributed by atoms with Crippen molar-refractivity contribution in [3.63, 3.8) is 0 Å². The molecule has 0 aliphatic heterocycles. The van der Waals surface area contributed by atoms with Gasteiger partial charge < -0.3 is 9.47 Å². The number of hydrogen-bond donors (Lipinski definition) is 1. The molecule has 5 nitrogen and oxygen atoms in total. The summed E-state index contributed by atoms with van der Waals surface area (Å²) in [7, 11) is 0. The van der Waals surface area contributed by atoms with Crippen LogP contribution in [0, 0.1) is 5.41 Å². The lowest BCUT2D eigenvalue weighted by Crippen LogP contribution is -2.37. The van der Waals surface area contributed by atoms with E-state index in [9.17, 15) is 9.59 Å². The van der Waals surface area contributed by atoms with Crippen molar-refractivity contribution in [2.24, 2.45) is 0 Å². The van der Waals surface area contributed by atoms with Crippen molar-refractivity contribution in [3.8, 4) is 0 Å². The summed E-state index contributed by atoms with van der Waals surface area (Å²) in [5.41, 5.74) is 0.797. The topological polar surface area (TPSA) is 76.5 Å². The van der Waals surface area contributed by atoms with Crippen LogP contribution in [0.25, 0.3) is 0 Å². The van der Waals surface area contributed by atoms with Gasteiger partial charge in [0.15, 0.2) is 5.17 Å². The van der Waals surface area contributed by atoms with Crippen LogP contribution >= 0.6 is 11.6 Å². The predicted octanol–water partition coefficient (Wildman–Crippen LogP) is 1.92. The fourth-order valence-electron chi connectivity index (χ4n) is 1.34. The van der Waals surface area contributed by atoms with E-state index in [0.717, 1.165) is 5.56 Å². The van der Waals surface area contributed by atoms with Crippen LogP contribution < -0.4 is 0 Å². The molecule has 0 amide bonds. The minimum absolute atomic E-state index is 0.0558. The fraction of sp³-hybridized carbons (Fsp3) is 0.308. The first-order valence-corrected chi connectivity index (χ1v) is 6.04. The maximum Gasteiger partial charge on any atom is 0.343 e. The Balaban J connectivity index is 2.72. The molecule has 1 unspecified atom stereocenters. The molecule has 0 radical (unpaired) electrons. The highest BCUT2D eigenvalue weighted by Crippen LogP contribution is 2.07. The van der Waals surface area contributed by atoms with E-state index < -0.39 is 23.0 Å². The lowest BCUT2D eigenvalue weighted by Gasteiger charge is -2.14. The highest BCUT2D eigenvalue weighted by atomic mass is 35.5. The number of carbonyl (C=O) groups excluding carboxylic acids is 2. The molecule has 1 atom stereocenters. The van der Waals surface area contributed by atoms with Crippen molar-refractivity contribution in [3.05, 3.63) is 35.9 Å². The van der Waals surface area contributed by atoms with E-state index in [1.54, 1.807) is 19.1 Å². The molecule has 0 heterocycles. The maximum absolute atomic E-state index is 11.6. The Morgan fingerprint density at radius 1 is 1.32 bits per heavy atom. The van der Waals surface area contributed by atoms with Crippen molar-refractivity contribution in [1.82, 2.24) is 0 Å². The first-order chi connectivity index (χ1) is 9.06. The summed E-state index contributed by atoms with van der Waals surface area (Å²) >= 11 is 5.29.